The second-order valence-electron chi connectivity index (χ2n) is 11.4. The van der Waals surface area contributed by atoms with Crippen LogP contribution < -0.4 is 5.43 Å². The molecule has 4 aliphatic heterocycles. The van der Waals surface area contributed by atoms with Gasteiger partial charge in [0, 0.05) is 38.6 Å². The van der Waals surface area contributed by atoms with Crippen LogP contribution in [0, 0.1) is 11.8 Å². The molecule has 2 saturated carbocycles. The second kappa shape index (κ2) is 10.4. The third-order valence-corrected chi connectivity index (χ3v) is 9.54. The van der Waals surface area contributed by atoms with E-state index in [0.29, 0.717) is 45.3 Å². The van der Waals surface area contributed by atoms with Gasteiger partial charge in [-0.15, -0.1) is 0 Å². The van der Waals surface area contributed by atoms with E-state index in [4.69, 9.17) is 14.5 Å². The first kappa shape index (κ1) is 26.0. The Balaban J connectivity index is 1.29. The molecule has 1 N–H and O–H groups in total. The zero-order valence-electron chi connectivity index (χ0n) is 22.3. The number of esters is 1. The van der Waals surface area contributed by atoms with Crippen LogP contribution in [-0.4, -0.2) is 126 Å². The number of carbonyl (C=O) groups is 2. The molecule has 3 saturated heterocycles. The smallest absolute Gasteiger partial charge is 0.409 e. The summed E-state index contributed by atoms with van der Waals surface area (Å²) in [5.41, 5.74) is 3.35. The van der Waals surface area contributed by atoms with E-state index in [1.54, 1.807) is 18.7 Å². The predicted molar refractivity (Wildman–Crippen MR) is 135 cm³/mol. The highest BCUT2D eigenvalue weighted by Crippen LogP contribution is 2.49. The lowest BCUT2D eigenvalue weighted by molar-refractivity contribution is -0.151. The van der Waals surface area contributed by atoms with Crippen LogP contribution in [0.15, 0.2) is 4.99 Å². The number of aliphatic imine (C=N–C) groups is 1. The predicted octanol–water partition coefficient (Wildman–Crippen LogP) is 1.56. The first-order valence-corrected chi connectivity index (χ1v) is 14.4. The van der Waals surface area contributed by atoms with Crippen molar-refractivity contribution in [2.75, 3.05) is 45.9 Å². The van der Waals surface area contributed by atoms with Crippen molar-refractivity contribution in [2.45, 2.75) is 88.5 Å². The summed E-state index contributed by atoms with van der Waals surface area (Å²) in [5, 5.41) is 1.94. The molecule has 0 spiro atoms. The van der Waals surface area contributed by atoms with Crippen molar-refractivity contribution >= 4 is 18.0 Å². The number of hydrazine groups is 1. The van der Waals surface area contributed by atoms with Gasteiger partial charge in [0.05, 0.1) is 49.3 Å². The van der Waals surface area contributed by atoms with Crippen LogP contribution >= 0.6 is 0 Å². The summed E-state index contributed by atoms with van der Waals surface area (Å²) < 4.78 is 43.4. The Morgan fingerprint density at radius 3 is 2.47 bits per heavy atom. The fourth-order valence-electron chi connectivity index (χ4n) is 7.97. The SMILES string of the molecule is CCOC(=O)C1CNN2C3=NC4CCCCC4N3C3C(F)C(N4CCN(C(=O)OCC)CC4)C(F)CC3C12. The summed E-state index contributed by atoms with van der Waals surface area (Å²) in [6.45, 7) is 6.05. The number of nitrogens with zero attached hydrogens (tertiary/aromatic N) is 5. The lowest BCUT2D eigenvalue weighted by atomic mass is 9.69. The van der Waals surface area contributed by atoms with Crippen molar-refractivity contribution in [3.8, 4) is 0 Å². The third kappa shape index (κ3) is 4.13. The highest BCUT2D eigenvalue weighted by molar-refractivity contribution is 5.86. The van der Waals surface area contributed by atoms with Crippen LogP contribution in [0.25, 0.3) is 0 Å². The van der Waals surface area contributed by atoms with Crippen LogP contribution in [0.3, 0.4) is 0 Å². The topological polar surface area (TPSA) is 90.0 Å². The molecule has 12 heteroatoms. The minimum atomic E-state index is -1.45. The molecule has 0 aromatic carbocycles. The maximum Gasteiger partial charge on any atom is 0.409 e. The Hall–Kier alpha value is -2.21. The highest BCUT2D eigenvalue weighted by atomic mass is 19.1. The molecular weight excluding hydrogens is 498 g/mol. The summed E-state index contributed by atoms with van der Waals surface area (Å²) in [4.78, 5) is 35.8. The van der Waals surface area contributed by atoms with Crippen LogP contribution in [0.4, 0.5) is 13.6 Å². The van der Waals surface area contributed by atoms with Crippen LogP contribution in [-0.2, 0) is 14.3 Å². The van der Waals surface area contributed by atoms with E-state index >= 15 is 8.78 Å². The zero-order valence-corrected chi connectivity index (χ0v) is 22.3. The van der Waals surface area contributed by atoms with Gasteiger partial charge in [0.25, 0.3) is 0 Å². The summed E-state index contributed by atoms with van der Waals surface area (Å²) in [6, 6.07) is -1.64. The number of nitrogens with one attached hydrogen (secondary N) is 1. The number of halogens is 2. The molecular formula is C26H40F2N6O4. The molecule has 10 nitrogen and oxygen atoms in total. The Morgan fingerprint density at radius 2 is 1.74 bits per heavy atom. The number of rotatable bonds is 4. The molecule has 5 fully saturated rings. The van der Waals surface area contributed by atoms with Crippen molar-refractivity contribution in [3.05, 3.63) is 0 Å². The van der Waals surface area contributed by atoms with Gasteiger partial charge in [-0.05, 0) is 33.1 Å². The molecule has 0 bridgehead atoms. The van der Waals surface area contributed by atoms with Gasteiger partial charge in [-0.2, -0.15) is 0 Å². The number of carbonyl (C=O) groups excluding carboxylic acids is 2. The molecule has 38 heavy (non-hydrogen) atoms. The number of hydrogen-bond donors (Lipinski definition) is 1. The molecule has 9 atom stereocenters. The number of alkyl halides is 2. The number of fused-ring (bicyclic) bond motifs is 8. The van der Waals surface area contributed by atoms with Crippen molar-refractivity contribution in [3.63, 3.8) is 0 Å². The molecule has 0 aromatic heterocycles. The normalized spacial score (nSPS) is 40.6. The van der Waals surface area contributed by atoms with Crippen LogP contribution in [0.2, 0.25) is 0 Å². The summed E-state index contributed by atoms with van der Waals surface area (Å²) in [7, 11) is 0. The minimum Gasteiger partial charge on any atom is -0.466 e. The van der Waals surface area contributed by atoms with Gasteiger partial charge < -0.3 is 19.3 Å². The van der Waals surface area contributed by atoms with E-state index < -0.39 is 36.4 Å². The van der Waals surface area contributed by atoms with Crippen LogP contribution in [0.1, 0.15) is 46.0 Å². The molecule has 0 radical (unpaired) electrons. The second-order valence-corrected chi connectivity index (χ2v) is 11.4. The molecule has 0 aromatic rings. The van der Waals surface area contributed by atoms with E-state index in [1.807, 2.05) is 9.91 Å². The van der Waals surface area contributed by atoms with Gasteiger partial charge in [-0.1, -0.05) is 12.8 Å². The number of amides is 1. The molecule has 6 aliphatic rings. The maximum absolute atomic E-state index is 16.9. The molecule has 9 unspecified atom stereocenters. The third-order valence-electron chi connectivity index (χ3n) is 9.54. The molecule has 212 valence electrons. The Morgan fingerprint density at radius 1 is 1.00 bits per heavy atom. The van der Waals surface area contributed by atoms with Gasteiger partial charge in [0.15, 0.2) is 0 Å². The van der Waals surface area contributed by atoms with Crippen molar-refractivity contribution in [2.24, 2.45) is 16.8 Å². The average Bonchev–Trinajstić information content (AvgIpc) is 3.52. The number of hydrogen-bond acceptors (Lipinski definition) is 9. The Bertz CT molecular complexity index is 949. The molecule has 2 aliphatic carbocycles. The monoisotopic (exact) mass is 538 g/mol. The number of ether oxygens (including phenoxy) is 2. The Labute approximate surface area is 222 Å². The first-order chi connectivity index (χ1) is 18.4. The molecule has 6 rings (SSSR count). The standard InChI is InChI=1S/C26H40F2N6O4/c1-3-37-24(35)16-14-29-34-21(16)15-13-17(27)23(31-9-11-32(12-10-31)26(36)38-4-2)20(28)22(15)33-19-8-6-5-7-18(19)30-25(33)34/h15-23,29H,3-14H2,1-2H3. The van der Waals surface area contributed by atoms with E-state index in [0.717, 1.165) is 25.7 Å². The summed E-state index contributed by atoms with van der Waals surface area (Å²) >= 11 is 0. The summed E-state index contributed by atoms with van der Waals surface area (Å²) in [5.74, 6) is -0.482. The lowest BCUT2D eigenvalue weighted by Crippen LogP contribution is -2.74. The van der Waals surface area contributed by atoms with Crippen molar-refractivity contribution < 1.29 is 27.8 Å². The lowest BCUT2D eigenvalue weighted by Gasteiger charge is -2.57. The summed E-state index contributed by atoms with van der Waals surface area (Å²) in [6.07, 6.45) is 1.04. The number of guanidine groups is 1. The van der Waals surface area contributed by atoms with Gasteiger partial charge >= 0.3 is 12.1 Å². The molecule has 4 heterocycles. The average molecular weight is 539 g/mol. The van der Waals surface area contributed by atoms with E-state index in [1.165, 1.54) is 0 Å². The quantitative estimate of drug-likeness (QED) is 0.540. The fourth-order valence-corrected chi connectivity index (χ4v) is 7.97. The molecule has 1 amide bonds. The van der Waals surface area contributed by atoms with E-state index in [-0.39, 0.29) is 43.1 Å². The number of piperazine rings is 1. The Kier molecular flexibility index (Phi) is 7.13. The van der Waals surface area contributed by atoms with Gasteiger partial charge in [0.2, 0.25) is 5.96 Å². The fraction of sp³-hybridized carbons (Fsp3) is 0.885. The maximum atomic E-state index is 16.9. The van der Waals surface area contributed by atoms with Gasteiger partial charge in [0.1, 0.15) is 12.3 Å². The highest BCUT2D eigenvalue weighted by Gasteiger charge is 2.64. The zero-order chi connectivity index (χ0) is 26.6. The van der Waals surface area contributed by atoms with E-state index in [9.17, 15) is 9.59 Å². The van der Waals surface area contributed by atoms with Gasteiger partial charge in [-0.25, -0.2) is 24.0 Å². The minimum absolute atomic E-state index is 0.100. The first-order valence-electron chi connectivity index (χ1n) is 14.4. The van der Waals surface area contributed by atoms with Gasteiger partial charge in [-0.3, -0.25) is 14.7 Å². The van der Waals surface area contributed by atoms with Crippen LogP contribution in [0.5, 0.6) is 0 Å². The largest absolute Gasteiger partial charge is 0.466 e. The van der Waals surface area contributed by atoms with Crippen molar-refractivity contribution in [1.29, 1.82) is 0 Å². The van der Waals surface area contributed by atoms with Crippen molar-refractivity contribution in [1.82, 2.24) is 25.1 Å². The van der Waals surface area contributed by atoms with E-state index in [2.05, 4.69) is 10.3 Å².